The second-order valence-electron chi connectivity index (χ2n) is 10.3. The zero-order valence-corrected chi connectivity index (χ0v) is 23.4. The summed E-state index contributed by atoms with van der Waals surface area (Å²) < 4.78 is 2.85. The van der Waals surface area contributed by atoms with Crippen molar-refractivity contribution in [2.45, 2.75) is 39.2 Å². The average molecular weight is 587 g/mol. The molecule has 0 radical (unpaired) electrons. The van der Waals surface area contributed by atoms with Gasteiger partial charge in [-0.3, -0.25) is 0 Å². The van der Waals surface area contributed by atoms with Gasteiger partial charge in [-0.1, -0.05) is 0 Å². The van der Waals surface area contributed by atoms with E-state index in [9.17, 15) is 4.79 Å². The quantitative estimate of drug-likeness (QED) is 0.252. The van der Waals surface area contributed by atoms with Crippen LogP contribution in [0.5, 0.6) is 0 Å². The second-order valence-corrected chi connectivity index (χ2v) is 21.0. The molecule has 0 bridgehead atoms. The molecule has 180 valence electrons. The van der Waals surface area contributed by atoms with Gasteiger partial charge in [0.25, 0.3) is 0 Å². The van der Waals surface area contributed by atoms with Crippen LogP contribution in [0.15, 0.2) is 91.0 Å². The Morgan fingerprint density at radius 3 is 1.56 bits per heavy atom. The van der Waals surface area contributed by atoms with Gasteiger partial charge in [0, 0.05) is 0 Å². The van der Waals surface area contributed by atoms with Gasteiger partial charge in [-0.05, 0) is 0 Å². The standard InChI is InChI=1S/C29H35INO2P/c1-29(2,3)33-28(32)31-21-19-24(20-22-31)23-34(30,25-13-7-4-8-14-25,26-15-9-5-10-16-26)27-17-11-6-12-18-27/h4-18,24H,19-23H2,1-3H3. The third kappa shape index (κ3) is 5.04. The topological polar surface area (TPSA) is 29.5 Å². The molecular formula is C29H35INO2P. The molecule has 1 amide bonds. The Labute approximate surface area is 217 Å². The molecular weight excluding hydrogens is 552 g/mol. The predicted molar refractivity (Wildman–Crippen MR) is 155 cm³/mol. The van der Waals surface area contributed by atoms with Gasteiger partial charge in [0.1, 0.15) is 0 Å². The second kappa shape index (κ2) is 9.99. The number of likely N-dealkylation sites (tertiary alicyclic amines) is 1. The Morgan fingerprint density at radius 2 is 1.21 bits per heavy atom. The summed E-state index contributed by atoms with van der Waals surface area (Å²) in [6.45, 7) is 7.28. The number of halogens is 1. The molecule has 34 heavy (non-hydrogen) atoms. The molecule has 0 saturated carbocycles. The van der Waals surface area contributed by atoms with E-state index in [0.29, 0.717) is 5.92 Å². The van der Waals surface area contributed by atoms with Crippen LogP contribution in [0, 0.1) is 5.92 Å². The molecule has 0 unspecified atom stereocenters. The van der Waals surface area contributed by atoms with Crippen LogP contribution < -0.4 is 15.9 Å². The molecule has 0 N–H and O–H groups in total. The Kier molecular flexibility index (Phi) is 7.40. The molecule has 0 aliphatic carbocycles. The van der Waals surface area contributed by atoms with E-state index in [2.05, 4.69) is 113 Å². The fourth-order valence-electron chi connectivity index (χ4n) is 5.09. The molecule has 0 spiro atoms. The van der Waals surface area contributed by atoms with E-state index in [4.69, 9.17) is 4.74 Å². The number of amides is 1. The van der Waals surface area contributed by atoms with Gasteiger partial charge in [-0.2, -0.15) is 0 Å². The summed E-state index contributed by atoms with van der Waals surface area (Å²) in [5.41, 5.74) is -0.463. The van der Waals surface area contributed by atoms with Crippen molar-refractivity contribution in [2.75, 3.05) is 19.3 Å². The van der Waals surface area contributed by atoms with Crippen molar-refractivity contribution in [3.05, 3.63) is 91.0 Å². The van der Waals surface area contributed by atoms with Gasteiger partial charge in [0.2, 0.25) is 0 Å². The van der Waals surface area contributed by atoms with E-state index in [1.54, 1.807) is 0 Å². The maximum absolute atomic E-state index is 12.6. The Morgan fingerprint density at radius 1 is 0.824 bits per heavy atom. The normalized spacial score (nSPS) is 16.5. The van der Waals surface area contributed by atoms with E-state index in [1.165, 1.54) is 15.9 Å². The van der Waals surface area contributed by atoms with Gasteiger partial charge >= 0.3 is 218 Å². The molecule has 3 nitrogen and oxygen atoms in total. The summed E-state index contributed by atoms with van der Waals surface area (Å²) >= 11 is 2.87. The van der Waals surface area contributed by atoms with Gasteiger partial charge in [-0.15, -0.1) is 0 Å². The molecule has 1 heterocycles. The fourth-order valence-corrected chi connectivity index (χ4v) is 14.9. The number of rotatable bonds is 5. The molecule has 0 aromatic heterocycles. The van der Waals surface area contributed by atoms with E-state index < -0.39 is 9.85 Å². The van der Waals surface area contributed by atoms with Crippen LogP contribution in [0.3, 0.4) is 0 Å². The zero-order valence-electron chi connectivity index (χ0n) is 20.4. The number of piperidine rings is 1. The Balaban J connectivity index is 1.72. The van der Waals surface area contributed by atoms with Gasteiger partial charge in [0.05, 0.1) is 0 Å². The molecule has 5 heteroatoms. The molecule has 1 saturated heterocycles. The summed E-state index contributed by atoms with van der Waals surface area (Å²) in [7, 11) is 0. The van der Waals surface area contributed by atoms with Crippen LogP contribution >= 0.6 is 26.3 Å². The summed E-state index contributed by atoms with van der Waals surface area (Å²) in [5.74, 6) is 0.522. The maximum atomic E-state index is 12.6. The molecule has 3 aromatic carbocycles. The van der Waals surface area contributed by atoms with E-state index in [0.717, 1.165) is 32.1 Å². The molecule has 1 aliphatic rings. The van der Waals surface area contributed by atoms with Crippen molar-refractivity contribution in [1.29, 1.82) is 0 Å². The van der Waals surface area contributed by atoms with E-state index >= 15 is 0 Å². The number of carbonyl (C=O) groups is 1. The molecule has 1 aliphatic heterocycles. The van der Waals surface area contributed by atoms with Gasteiger partial charge < -0.3 is 0 Å². The molecule has 1 fully saturated rings. The predicted octanol–water partition coefficient (Wildman–Crippen LogP) is 6.51. The first-order valence-corrected chi connectivity index (χ1v) is 17.3. The average Bonchev–Trinajstić information content (AvgIpc) is 2.85. The first-order chi connectivity index (χ1) is 16.2. The molecule has 3 aromatic rings. The monoisotopic (exact) mass is 587 g/mol. The Hall–Kier alpha value is -1.91. The van der Waals surface area contributed by atoms with Crippen molar-refractivity contribution < 1.29 is 9.53 Å². The van der Waals surface area contributed by atoms with E-state index in [1.807, 2.05) is 25.7 Å². The number of benzene rings is 3. The van der Waals surface area contributed by atoms with Crippen LogP contribution in [0.4, 0.5) is 4.79 Å². The number of nitrogens with zero attached hydrogens (tertiary/aromatic N) is 1. The van der Waals surface area contributed by atoms with Gasteiger partial charge in [-0.25, -0.2) is 0 Å². The third-order valence-electron chi connectivity index (χ3n) is 6.75. The number of ether oxygens (including phenoxy) is 1. The summed E-state index contributed by atoms with van der Waals surface area (Å²) in [6.07, 6.45) is 2.89. The van der Waals surface area contributed by atoms with Crippen LogP contribution in [-0.2, 0) is 4.74 Å². The number of carbonyl (C=O) groups excluding carboxylic acids is 1. The van der Waals surface area contributed by atoms with Crippen molar-refractivity contribution in [3.63, 3.8) is 0 Å². The van der Waals surface area contributed by atoms with Crippen LogP contribution in [0.1, 0.15) is 33.6 Å². The fraction of sp³-hybridized carbons (Fsp3) is 0.345. The van der Waals surface area contributed by atoms with Crippen molar-refractivity contribution >= 4 is 48.3 Å². The van der Waals surface area contributed by atoms with Crippen molar-refractivity contribution in [3.8, 4) is 0 Å². The SMILES string of the molecule is CC(C)(C)OC(=O)N1CCC(CP(I)(c2ccccc2)(c2ccccc2)c2ccccc2)CC1. The zero-order chi connectivity index (χ0) is 24.3. The summed E-state index contributed by atoms with van der Waals surface area (Å²) in [4.78, 5) is 14.5. The minimum atomic E-state index is -2.78. The Bertz CT molecular complexity index is 992. The minimum absolute atomic E-state index is 0.188. The molecule has 0 atom stereocenters. The van der Waals surface area contributed by atoms with Crippen molar-refractivity contribution in [1.82, 2.24) is 4.90 Å². The number of hydrogen-bond donors (Lipinski definition) is 0. The first-order valence-electron chi connectivity index (χ1n) is 12.1. The first kappa shape index (κ1) is 25.2. The number of hydrogen-bond acceptors (Lipinski definition) is 2. The van der Waals surface area contributed by atoms with Crippen molar-refractivity contribution in [2.24, 2.45) is 5.92 Å². The molecule has 4 rings (SSSR count). The van der Waals surface area contributed by atoms with Crippen LogP contribution in [0.25, 0.3) is 0 Å². The van der Waals surface area contributed by atoms with Gasteiger partial charge in [0.15, 0.2) is 0 Å². The summed E-state index contributed by atoms with van der Waals surface area (Å²) in [6, 6.07) is 33.3. The summed E-state index contributed by atoms with van der Waals surface area (Å²) in [5, 5.41) is 4.25. The third-order valence-corrected chi connectivity index (χ3v) is 18.3. The van der Waals surface area contributed by atoms with E-state index in [-0.39, 0.29) is 6.09 Å². The van der Waals surface area contributed by atoms with Crippen LogP contribution in [-0.4, -0.2) is 35.8 Å². The van der Waals surface area contributed by atoms with Crippen LogP contribution in [0.2, 0.25) is 0 Å².